The van der Waals surface area contributed by atoms with E-state index in [1.807, 2.05) is 12.1 Å². The van der Waals surface area contributed by atoms with Crippen molar-refractivity contribution in [2.24, 2.45) is 0 Å². The first kappa shape index (κ1) is 12.8. The summed E-state index contributed by atoms with van der Waals surface area (Å²) in [4.78, 5) is 4.07. The van der Waals surface area contributed by atoms with Crippen LogP contribution >= 0.6 is 0 Å². The van der Waals surface area contributed by atoms with Gasteiger partial charge in [-0.25, -0.2) is 4.68 Å². The fourth-order valence-electron chi connectivity index (χ4n) is 3.37. The summed E-state index contributed by atoms with van der Waals surface area (Å²) in [5, 5.41) is 8.27. The summed E-state index contributed by atoms with van der Waals surface area (Å²) in [5.74, 6) is 1.10. The van der Waals surface area contributed by atoms with Crippen LogP contribution in [0.3, 0.4) is 0 Å². The van der Waals surface area contributed by atoms with Crippen LogP contribution in [0.2, 0.25) is 0 Å². The zero-order valence-electron chi connectivity index (χ0n) is 12.2. The topological polar surface area (TPSA) is 52.0 Å². The average molecular weight is 284 g/mol. The van der Waals surface area contributed by atoms with Gasteiger partial charge in [0.2, 0.25) is 0 Å². The molecule has 2 aliphatic heterocycles. The molecule has 0 bridgehead atoms. The molecule has 3 atom stereocenters. The van der Waals surface area contributed by atoms with Gasteiger partial charge < -0.3 is 10.1 Å². The van der Waals surface area contributed by atoms with Gasteiger partial charge in [-0.2, -0.15) is 5.10 Å². The lowest BCUT2D eigenvalue weighted by Gasteiger charge is -2.29. The Labute approximate surface area is 124 Å². The fourth-order valence-corrected chi connectivity index (χ4v) is 3.37. The second kappa shape index (κ2) is 5.15. The third-order valence-electron chi connectivity index (χ3n) is 4.47. The van der Waals surface area contributed by atoms with Gasteiger partial charge in [0.1, 0.15) is 5.82 Å². The molecule has 1 N–H and O–H groups in total. The zero-order valence-corrected chi connectivity index (χ0v) is 12.2. The van der Waals surface area contributed by atoms with Gasteiger partial charge in [0.05, 0.1) is 23.9 Å². The van der Waals surface area contributed by atoms with Crippen molar-refractivity contribution in [1.29, 1.82) is 0 Å². The molecule has 0 radical (unpaired) electrons. The van der Waals surface area contributed by atoms with Gasteiger partial charge in [0, 0.05) is 30.6 Å². The Kier molecular flexibility index (Phi) is 3.15. The molecule has 2 aliphatic rings. The van der Waals surface area contributed by atoms with Crippen LogP contribution in [0, 0.1) is 0 Å². The molecule has 0 aliphatic carbocycles. The lowest BCUT2D eigenvalue weighted by Crippen LogP contribution is -2.32. The van der Waals surface area contributed by atoms with Gasteiger partial charge >= 0.3 is 0 Å². The second-order valence-electron chi connectivity index (χ2n) is 5.94. The highest BCUT2D eigenvalue weighted by Gasteiger charge is 2.34. The molecule has 4 heterocycles. The number of aromatic nitrogens is 3. The molecule has 2 aromatic heterocycles. The minimum Gasteiger partial charge on any atom is -0.373 e. The monoisotopic (exact) mass is 284 g/mol. The summed E-state index contributed by atoms with van der Waals surface area (Å²) in [7, 11) is 0. The van der Waals surface area contributed by atoms with E-state index in [2.05, 4.69) is 28.0 Å². The van der Waals surface area contributed by atoms with E-state index in [0.717, 1.165) is 42.9 Å². The Balaban J connectivity index is 1.67. The third-order valence-corrected chi connectivity index (χ3v) is 4.47. The molecule has 0 spiro atoms. The quantitative estimate of drug-likeness (QED) is 0.921. The molecule has 5 nitrogen and oxygen atoms in total. The molecule has 3 unspecified atom stereocenters. The van der Waals surface area contributed by atoms with Crippen molar-refractivity contribution < 1.29 is 4.74 Å². The largest absolute Gasteiger partial charge is 0.373 e. The van der Waals surface area contributed by atoms with Gasteiger partial charge in [0.25, 0.3) is 0 Å². The zero-order chi connectivity index (χ0) is 14.2. The molecular formula is C16H20N4O. The van der Waals surface area contributed by atoms with E-state index < -0.39 is 0 Å². The van der Waals surface area contributed by atoms with E-state index in [4.69, 9.17) is 9.84 Å². The SMILES string of the molecule is CC1CCC(C2CCNc3cc(-c4ccncc4)nn32)O1. The van der Waals surface area contributed by atoms with Crippen LogP contribution in [0.5, 0.6) is 0 Å². The van der Waals surface area contributed by atoms with Gasteiger partial charge in [-0.1, -0.05) is 0 Å². The number of pyridine rings is 1. The number of nitrogens with zero attached hydrogens (tertiary/aromatic N) is 3. The van der Waals surface area contributed by atoms with Crippen molar-refractivity contribution in [3.05, 3.63) is 30.6 Å². The fraction of sp³-hybridized carbons (Fsp3) is 0.500. The number of anilines is 1. The van der Waals surface area contributed by atoms with Gasteiger partial charge in [-0.15, -0.1) is 0 Å². The van der Waals surface area contributed by atoms with Crippen LogP contribution in [0.15, 0.2) is 30.6 Å². The Morgan fingerprint density at radius 1 is 1.24 bits per heavy atom. The van der Waals surface area contributed by atoms with E-state index in [1.165, 1.54) is 0 Å². The first-order chi connectivity index (χ1) is 10.3. The Morgan fingerprint density at radius 3 is 2.86 bits per heavy atom. The summed E-state index contributed by atoms with van der Waals surface area (Å²) < 4.78 is 8.20. The number of hydrogen-bond acceptors (Lipinski definition) is 4. The molecule has 21 heavy (non-hydrogen) atoms. The van der Waals surface area contributed by atoms with Crippen molar-refractivity contribution in [3.63, 3.8) is 0 Å². The smallest absolute Gasteiger partial charge is 0.125 e. The molecule has 2 aromatic rings. The summed E-state index contributed by atoms with van der Waals surface area (Å²) in [6, 6.07) is 6.47. The summed E-state index contributed by atoms with van der Waals surface area (Å²) in [6.45, 7) is 3.15. The van der Waals surface area contributed by atoms with Crippen molar-refractivity contribution in [2.75, 3.05) is 11.9 Å². The van der Waals surface area contributed by atoms with Crippen LogP contribution < -0.4 is 5.32 Å². The predicted molar refractivity (Wildman–Crippen MR) is 81.2 cm³/mol. The normalized spacial score (nSPS) is 28.1. The van der Waals surface area contributed by atoms with Crippen LogP contribution in [0.25, 0.3) is 11.3 Å². The molecule has 110 valence electrons. The first-order valence-electron chi connectivity index (χ1n) is 7.70. The molecule has 1 saturated heterocycles. The molecule has 1 fully saturated rings. The minimum absolute atomic E-state index is 0.297. The molecule has 0 saturated carbocycles. The van der Waals surface area contributed by atoms with E-state index in [1.54, 1.807) is 12.4 Å². The first-order valence-corrected chi connectivity index (χ1v) is 7.70. The molecule has 0 amide bonds. The maximum Gasteiger partial charge on any atom is 0.125 e. The van der Waals surface area contributed by atoms with E-state index in [9.17, 15) is 0 Å². The van der Waals surface area contributed by atoms with Crippen LogP contribution in [0.1, 0.15) is 32.2 Å². The van der Waals surface area contributed by atoms with Crippen molar-refractivity contribution in [3.8, 4) is 11.3 Å². The Morgan fingerprint density at radius 2 is 2.10 bits per heavy atom. The van der Waals surface area contributed by atoms with Gasteiger partial charge in [-0.3, -0.25) is 4.98 Å². The minimum atomic E-state index is 0.297. The highest BCUT2D eigenvalue weighted by molar-refractivity contribution is 5.62. The molecular weight excluding hydrogens is 264 g/mol. The Hall–Kier alpha value is -1.88. The van der Waals surface area contributed by atoms with Gasteiger partial charge in [0.15, 0.2) is 0 Å². The summed E-state index contributed by atoms with van der Waals surface area (Å²) >= 11 is 0. The third kappa shape index (κ3) is 2.31. The standard InChI is InChI=1S/C16H20N4O/c1-11-2-3-15(21-11)14-6-9-18-16-10-13(19-20(14)16)12-4-7-17-8-5-12/h4-5,7-8,10-11,14-15,18H,2-3,6,9H2,1H3. The number of fused-ring (bicyclic) bond motifs is 1. The maximum atomic E-state index is 6.07. The molecule has 0 aromatic carbocycles. The number of ether oxygens (including phenoxy) is 1. The van der Waals surface area contributed by atoms with E-state index in [-0.39, 0.29) is 0 Å². The lowest BCUT2D eigenvalue weighted by molar-refractivity contribution is 0.0174. The van der Waals surface area contributed by atoms with E-state index >= 15 is 0 Å². The number of nitrogens with one attached hydrogen (secondary N) is 1. The highest BCUT2D eigenvalue weighted by Crippen LogP contribution is 2.36. The highest BCUT2D eigenvalue weighted by atomic mass is 16.5. The number of rotatable bonds is 2. The van der Waals surface area contributed by atoms with Gasteiger partial charge in [-0.05, 0) is 38.3 Å². The molecule has 5 heteroatoms. The van der Waals surface area contributed by atoms with E-state index in [0.29, 0.717) is 18.2 Å². The Bertz CT molecular complexity index is 624. The second-order valence-corrected chi connectivity index (χ2v) is 5.94. The van der Waals surface area contributed by atoms with Crippen LogP contribution in [-0.4, -0.2) is 33.5 Å². The van der Waals surface area contributed by atoms with Crippen molar-refractivity contribution >= 4 is 5.82 Å². The summed E-state index contributed by atoms with van der Waals surface area (Å²) in [5.41, 5.74) is 2.10. The van der Waals surface area contributed by atoms with Crippen molar-refractivity contribution in [2.45, 2.75) is 44.4 Å². The maximum absolute atomic E-state index is 6.07. The molecule has 4 rings (SSSR count). The predicted octanol–water partition coefficient (Wildman–Crippen LogP) is 2.87. The lowest BCUT2D eigenvalue weighted by atomic mass is 10.0. The van der Waals surface area contributed by atoms with Crippen LogP contribution in [0.4, 0.5) is 5.82 Å². The summed E-state index contributed by atoms with van der Waals surface area (Å²) in [6.07, 6.45) is 7.65. The number of hydrogen-bond donors (Lipinski definition) is 1. The van der Waals surface area contributed by atoms with Crippen molar-refractivity contribution in [1.82, 2.24) is 14.8 Å². The average Bonchev–Trinajstić information content (AvgIpc) is 3.14. The van der Waals surface area contributed by atoms with Crippen LogP contribution in [-0.2, 0) is 4.74 Å².